The summed E-state index contributed by atoms with van der Waals surface area (Å²) in [5.74, 6) is -2.00. The molecule has 1 rings (SSSR count). The fourth-order valence-corrected chi connectivity index (χ4v) is 1.68. The summed E-state index contributed by atoms with van der Waals surface area (Å²) >= 11 is 0. The number of aliphatic carboxylic acids is 1. The van der Waals surface area contributed by atoms with Crippen LogP contribution >= 0.6 is 0 Å². The molecule has 0 aliphatic carbocycles. The van der Waals surface area contributed by atoms with Gasteiger partial charge in [-0.1, -0.05) is 0 Å². The smallest absolute Gasteiger partial charge is 0.334 e. The Kier molecular flexibility index (Phi) is 4.27. The minimum Gasteiger partial charge on any atom is -0.479 e. The SMILES string of the molecule is NC(=O)C1CCCN1C(=O)NC[C@H](O)C(=O)O. The summed E-state index contributed by atoms with van der Waals surface area (Å²) in [7, 11) is 0. The Morgan fingerprint density at radius 3 is 2.65 bits per heavy atom. The Morgan fingerprint density at radius 2 is 2.12 bits per heavy atom. The maximum atomic E-state index is 11.6. The average molecular weight is 245 g/mol. The molecule has 0 spiro atoms. The highest BCUT2D eigenvalue weighted by Crippen LogP contribution is 2.16. The summed E-state index contributed by atoms with van der Waals surface area (Å²) in [5.41, 5.74) is 5.13. The highest BCUT2D eigenvalue weighted by Gasteiger charge is 2.32. The van der Waals surface area contributed by atoms with Gasteiger partial charge in [-0.05, 0) is 12.8 Å². The van der Waals surface area contributed by atoms with Crippen LogP contribution in [0, 0.1) is 0 Å². The second kappa shape index (κ2) is 5.48. The van der Waals surface area contributed by atoms with E-state index in [1.165, 1.54) is 4.90 Å². The van der Waals surface area contributed by atoms with Crippen molar-refractivity contribution in [1.29, 1.82) is 0 Å². The number of carboxylic acids is 1. The molecule has 8 heteroatoms. The number of carbonyl (C=O) groups excluding carboxylic acids is 2. The monoisotopic (exact) mass is 245 g/mol. The number of carboxylic acid groups (broad SMARTS) is 1. The van der Waals surface area contributed by atoms with E-state index < -0.39 is 36.6 Å². The highest BCUT2D eigenvalue weighted by molar-refractivity contribution is 5.86. The van der Waals surface area contributed by atoms with E-state index in [4.69, 9.17) is 15.9 Å². The van der Waals surface area contributed by atoms with Gasteiger partial charge in [0.25, 0.3) is 0 Å². The fourth-order valence-electron chi connectivity index (χ4n) is 1.68. The largest absolute Gasteiger partial charge is 0.479 e. The van der Waals surface area contributed by atoms with Gasteiger partial charge >= 0.3 is 12.0 Å². The third-order valence-electron chi connectivity index (χ3n) is 2.57. The number of nitrogens with two attached hydrogens (primary N) is 1. The molecule has 96 valence electrons. The number of amides is 3. The molecule has 0 aromatic heterocycles. The minimum absolute atomic E-state index is 0.391. The molecule has 0 bridgehead atoms. The second-order valence-electron chi connectivity index (χ2n) is 3.79. The molecule has 1 unspecified atom stereocenters. The van der Waals surface area contributed by atoms with Crippen LogP contribution in [0.25, 0.3) is 0 Å². The van der Waals surface area contributed by atoms with Crippen molar-refractivity contribution in [2.75, 3.05) is 13.1 Å². The fraction of sp³-hybridized carbons (Fsp3) is 0.667. The maximum absolute atomic E-state index is 11.6. The third kappa shape index (κ3) is 3.31. The van der Waals surface area contributed by atoms with Crippen LogP contribution in [0.1, 0.15) is 12.8 Å². The molecule has 1 saturated heterocycles. The minimum atomic E-state index is -1.66. The van der Waals surface area contributed by atoms with E-state index in [2.05, 4.69) is 5.32 Å². The maximum Gasteiger partial charge on any atom is 0.334 e. The first-order chi connectivity index (χ1) is 7.93. The molecule has 1 aliphatic heterocycles. The number of hydrogen-bond donors (Lipinski definition) is 4. The standard InChI is InChI=1S/C9H15N3O5/c10-7(14)5-2-1-3-12(5)9(17)11-4-6(13)8(15)16/h5-6,13H,1-4H2,(H2,10,14)(H,11,17)(H,15,16)/t5?,6-/m0/s1. The van der Waals surface area contributed by atoms with Gasteiger partial charge in [-0.15, -0.1) is 0 Å². The Hall–Kier alpha value is -1.83. The number of rotatable bonds is 4. The van der Waals surface area contributed by atoms with Crippen LogP contribution in [0.3, 0.4) is 0 Å². The predicted octanol–water partition coefficient (Wildman–Crippen LogP) is -1.91. The molecule has 0 aromatic rings. The van der Waals surface area contributed by atoms with Crippen LogP contribution in [0.4, 0.5) is 4.79 Å². The van der Waals surface area contributed by atoms with E-state index in [9.17, 15) is 14.4 Å². The van der Waals surface area contributed by atoms with Gasteiger partial charge in [-0.2, -0.15) is 0 Å². The zero-order valence-electron chi connectivity index (χ0n) is 9.13. The Balaban J connectivity index is 2.47. The number of hydrogen-bond acceptors (Lipinski definition) is 4. The molecule has 3 amide bonds. The van der Waals surface area contributed by atoms with Crippen molar-refractivity contribution in [3.05, 3.63) is 0 Å². The first kappa shape index (κ1) is 13.2. The normalized spacial score (nSPS) is 21.0. The number of aliphatic hydroxyl groups excluding tert-OH is 1. The van der Waals surface area contributed by atoms with E-state index in [1.807, 2.05) is 0 Å². The van der Waals surface area contributed by atoms with Crippen LogP contribution < -0.4 is 11.1 Å². The average Bonchev–Trinajstić information content (AvgIpc) is 2.73. The van der Waals surface area contributed by atoms with Crippen molar-refractivity contribution in [1.82, 2.24) is 10.2 Å². The second-order valence-corrected chi connectivity index (χ2v) is 3.79. The Labute approximate surface area is 97.4 Å². The topological polar surface area (TPSA) is 133 Å². The molecule has 5 N–H and O–H groups in total. The lowest BCUT2D eigenvalue weighted by Crippen LogP contribution is -2.50. The highest BCUT2D eigenvalue weighted by atomic mass is 16.4. The molecular formula is C9H15N3O5. The molecule has 1 fully saturated rings. The first-order valence-electron chi connectivity index (χ1n) is 5.18. The van der Waals surface area contributed by atoms with Gasteiger partial charge in [0.1, 0.15) is 6.04 Å². The van der Waals surface area contributed by atoms with E-state index in [0.29, 0.717) is 19.4 Å². The van der Waals surface area contributed by atoms with Crippen molar-refractivity contribution in [2.24, 2.45) is 5.73 Å². The summed E-state index contributed by atoms with van der Waals surface area (Å²) in [6.07, 6.45) is -0.485. The van der Waals surface area contributed by atoms with E-state index >= 15 is 0 Å². The van der Waals surface area contributed by atoms with Gasteiger partial charge in [0.05, 0.1) is 6.54 Å². The van der Waals surface area contributed by atoms with E-state index in [-0.39, 0.29) is 0 Å². The number of primary amides is 1. The Bertz CT molecular complexity index is 333. The predicted molar refractivity (Wildman–Crippen MR) is 56.0 cm³/mol. The number of aliphatic hydroxyl groups is 1. The summed E-state index contributed by atoms with van der Waals surface area (Å²) < 4.78 is 0. The summed E-state index contributed by atoms with van der Waals surface area (Å²) in [5, 5.41) is 19.6. The van der Waals surface area contributed by atoms with Gasteiger partial charge in [0.15, 0.2) is 6.10 Å². The van der Waals surface area contributed by atoms with Crippen LogP contribution in [0.5, 0.6) is 0 Å². The molecular weight excluding hydrogens is 230 g/mol. The van der Waals surface area contributed by atoms with Crippen LogP contribution in [-0.4, -0.2) is 58.3 Å². The number of carbonyl (C=O) groups is 3. The number of nitrogens with one attached hydrogen (secondary N) is 1. The van der Waals surface area contributed by atoms with Crippen molar-refractivity contribution in [2.45, 2.75) is 25.0 Å². The summed E-state index contributed by atoms with van der Waals surface area (Å²) in [4.78, 5) is 34.2. The number of nitrogens with zero attached hydrogens (tertiary/aromatic N) is 1. The summed E-state index contributed by atoms with van der Waals surface area (Å²) in [6, 6.07) is -1.25. The molecule has 8 nitrogen and oxygen atoms in total. The van der Waals surface area contributed by atoms with Crippen molar-refractivity contribution in [3.63, 3.8) is 0 Å². The van der Waals surface area contributed by atoms with E-state index in [1.54, 1.807) is 0 Å². The van der Waals surface area contributed by atoms with Crippen molar-refractivity contribution < 1.29 is 24.6 Å². The summed E-state index contributed by atoms with van der Waals surface area (Å²) in [6.45, 7) is -0.0151. The van der Waals surface area contributed by atoms with Gasteiger partial charge in [0, 0.05) is 6.54 Å². The molecule has 1 heterocycles. The Morgan fingerprint density at radius 1 is 1.47 bits per heavy atom. The lowest BCUT2D eigenvalue weighted by atomic mass is 10.2. The zero-order valence-corrected chi connectivity index (χ0v) is 9.13. The molecule has 0 radical (unpaired) electrons. The number of likely N-dealkylation sites (tertiary alicyclic amines) is 1. The van der Waals surface area contributed by atoms with Gasteiger partial charge < -0.3 is 26.2 Å². The van der Waals surface area contributed by atoms with Crippen molar-refractivity contribution >= 4 is 17.9 Å². The lowest BCUT2D eigenvalue weighted by molar-refractivity contribution is -0.146. The molecule has 2 atom stereocenters. The quantitative estimate of drug-likeness (QED) is 0.458. The van der Waals surface area contributed by atoms with Crippen LogP contribution in [0.2, 0.25) is 0 Å². The number of urea groups is 1. The first-order valence-corrected chi connectivity index (χ1v) is 5.18. The van der Waals surface area contributed by atoms with Gasteiger partial charge in [-0.25, -0.2) is 9.59 Å². The lowest BCUT2D eigenvalue weighted by Gasteiger charge is -2.22. The van der Waals surface area contributed by atoms with E-state index in [0.717, 1.165) is 0 Å². The molecule has 0 saturated carbocycles. The van der Waals surface area contributed by atoms with Gasteiger partial charge in [0.2, 0.25) is 5.91 Å². The molecule has 0 aromatic carbocycles. The van der Waals surface area contributed by atoms with Crippen LogP contribution in [0.15, 0.2) is 0 Å². The van der Waals surface area contributed by atoms with Crippen LogP contribution in [-0.2, 0) is 9.59 Å². The zero-order chi connectivity index (χ0) is 13.0. The molecule has 17 heavy (non-hydrogen) atoms. The molecule has 1 aliphatic rings. The van der Waals surface area contributed by atoms with Crippen molar-refractivity contribution in [3.8, 4) is 0 Å². The third-order valence-corrected chi connectivity index (χ3v) is 2.57. The van der Waals surface area contributed by atoms with Gasteiger partial charge in [-0.3, -0.25) is 4.79 Å².